The summed E-state index contributed by atoms with van der Waals surface area (Å²) < 4.78 is 1.98. The van der Waals surface area contributed by atoms with Crippen molar-refractivity contribution in [2.45, 2.75) is 53.1 Å². The summed E-state index contributed by atoms with van der Waals surface area (Å²) in [6.07, 6.45) is 3.15. The molecule has 0 aromatic carbocycles. The molecule has 0 aliphatic carbocycles. The van der Waals surface area contributed by atoms with Crippen LogP contribution in [0.1, 0.15) is 45.0 Å². The summed E-state index contributed by atoms with van der Waals surface area (Å²) in [7, 11) is 0. The normalized spacial score (nSPS) is 11.5. The molecular formula is C14H26ClN3O. The molecule has 0 amide bonds. The predicted octanol–water partition coefficient (Wildman–Crippen LogP) is 2.71. The lowest BCUT2D eigenvalue weighted by atomic mass is 10.2. The quantitative estimate of drug-likeness (QED) is 0.759. The van der Waals surface area contributed by atoms with Crippen molar-refractivity contribution in [2.75, 3.05) is 19.7 Å². The van der Waals surface area contributed by atoms with Crippen LogP contribution in [0.5, 0.6) is 0 Å². The zero-order chi connectivity index (χ0) is 14.3. The zero-order valence-corrected chi connectivity index (χ0v) is 13.1. The SMILES string of the molecule is CCCCN(CCO)Cc1c(Cl)c(CC)nn1CC. The Bertz CT molecular complexity index is 379. The Morgan fingerprint density at radius 3 is 2.53 bits per heavy atom. The van der Waals surface area contributed by atoms with Gasteiger partial charge in [-0.2, -0.15) is 5.10 Å². The fourth-order valence-corrected chi connectivity index (χ4v) is 2.50. The smallest absolute Gasteiger partial charge is 0.0863 e. The van der Waals surface area contributed by atoms with Gasteiger partial charge in [0.1, 0.15) is 0 Å². The summed E-state index contributed by atoms with van der Waals surface area (Å²) in [5.74, 6) is 0. The molecule has 0 aliphatic rings. The Morgan fingerprint density at radius 2 is 2.00 bits per heavy atom. The van der Waals surface area contributed by atoms with Gasteiger partial charge in [0, 0.05) is 19.6 Å². The van der Waals surface area contributed by atoms with E-state index in [9.17, 15) is 0 Å². The molecule has 4 nitrogen and oxygen atoms in total. The van der Waals surface area contributed by atoms with E-state index in [1.54, 1.807) is 0 Å². The summed E-state index contributed by atoms with van der Waals surface area (Å²) >= 11 is 6.41. The Kier molecular flexibility index (Phi) is 7.42. The molecule has 1 N–H and O–H groups in total. The van der Waals surface area contributed by atoms with Gasteiger partial charge in [0.15, 0.2) is 0 Å². The first-order chi connectivity index (χ1) is 9.17. The summed E-state index contributed by atoms with van der Waals surface area (Å²) in [6, 6.07) is 0. The lowest BCUT2D eigenvalue weighted by Crippen LogP contribution is -2.28. The Balaban J connectivity index is 2.84. The molecule has 0 aliphatic heterocycles. The monoisotopic (exact) mass is 287 g/mol. The van der Waals surface area contributed by atoms with Gasteiger partial charge in [-0.25, -0.2) is 0 Å². The lowest BCUT2D eigenvalue weighted by molar-refractivity contribution is 0.185. The van der Waals surface area contributed by atoms with E-state index in [0.29, 0.717) is 6.54 Å². The standard InChI is InChI=1S/C14H26ClN3O/c1-4-7-8-17(9-10-19)11-13-14(15)12(5-2)16-18(13)6-3/h19H,4-11H2,1-3H3. The van der Waals surface area contributed by atoms with E-state index in [2.05, 4.69) is 30.8 Å². The first-order valence-corrected chi connectivity index (χ1v) is 7.62. The molecule has 1 heterocycles. The summed E-state index contributed by atoms with van der Waals surface area (Å²) in [5.41, 5.74) is 2.04. The van der Waals surface area contributed by atoms with Crippen molar-refractivity contribution < 1.29 is 5.11 Å². The zero-order valence-electron chi connectivity index (χ0n) is 12.3. The first kappa shape index (κ1) is 16.5. The second kappa shape index (κ2) is 8.56. The minimum atomic E-state index is 0.183. The molecule has 0 saturated heterocycles. The van der Waals surface area contributed by atoms with Gasteiger partial charge in [-0.15, -0.1) is 0 Å². The highest BCUT2D eigenvalue weighted by molar-refractivity contribution is 6.31. The third kappa shape index (κ3) is 4.48. The van der Waals surface area contributed by atoms with Crippen LogP contribution in [0.3, 0.4) is 0 Å². The summed E-state index contributed by atoms with van der Waals surface area (Å²) in [6.45, 7) is 9.78. The van der Waals surface area contributed by atoms with Crippen LogP contribution in [0, 0.1) is 0 Å². The van der Waals surface area contributed by atoms with Crippen LogP contribution >= 0.6 is 11.6 Å². The van der Waals surface area contributed by atoms with E-state index in [4.69, 9.17) is 16.7 Å². The van der Waals surface area contributed by atoms with Gasteiger partial charge in [0.2, 0.25) is 0 Å². The van der Waals surface area contributed by atoms with Crippen molar-refractivity contribution >= 4 is 11.6 Å². The Labute approximate surface area is 121 Å². The van der Waals surface area contributed by atoms with E-state index in [-0.39, 0.29) is 6.61 Å². The number of unbranched alkanes of at least 4 members (excludes halogenated alkanes) is 1. The highest BCUT2D eigenvalue weighted by Crippen LogP contribution is 2.23. The average molecular weight is 288 g/mol. The van der Waals surface area contributed by atoms with Crippen molar-refractivity contribution in [1.29, 1.82) is 0 Å². The van der Waals surface area contributed by atoms with E-state index < -0.39 is 0 Å². The van der Waals surface area contributed by atoms with Crippen LogP contribution in [0.15, 0.2) is 0 Å². The lowest BCUT2D eigenvalue weighted by Gasteiger charge is -2.21. The third-order valence-electron chi connectivity index (χ3n) is 3.31. The van der Waals surface area contributed by atoms with Crippen molar-refractivity contribution in [2.24, 2.45) is 0 Å². The molecule has 0 unspecified atom stereocenters. The van der Waals surface area contributed by atoms with Gasteiger partial charge in [0.25, 0.3) is 0 Å². The molecular weight excluding hydrogens is 262 g/mol. The van der Waals surface area contributed by atoms with Crippen molar-refractivity contribution in [1.82, 2.24) is 14.7 Å². The van der Waals surface area contributed by atoms with Gasteiger partial charge in [-0.05, 0) is 26.3 Å². The van der Waals surface area contributed by atoms with Crippen LogP contribution < -0.4 is 0 Å². The van der Waals surface area contributed by atoms with Gasteiger partial charge in [-0.1, -0.05) is 31.9 Å². The largest absolute Gasteiger partial charge is 0.395 e. The van der Waals surface area contributed by atoms with Crippen molar-refractivity contribution in [3.8, 4) is 0 Å². The number of hydrogen-bond acceptors (Lipinski definition) is 3. The maximum absolute atomic E-state index is 9.16. The number of aliphatic hydroxyl groups excluding tert-OH is 1. The van der Waals surface area contributed by atoms with Gasteiger partial charge in [-0.3, -0.25) is 9.58 Å². The van der Waals surface area contributed by atoms with Crippen LogP contribution in [-0.2, 0) is 19.5 Å². The van der Waals surface area contributed by atoms with Crippen LogP contribution in [0.25, 0.3) is 0 Å². The highest BCUT2D eigenvalue weighted by atomic mass is 35.5. The topological polar surface area (TPSA) is 41.3 Å². The number of aliphatic hydroxyl groups is 1. The van der Waals surface area contributed by atoms with E-state index in [0.717, 1.165) is 55.3 Å². The van der Waals surface area contributed by atoms with E-state index in [1.165, 1.54) is 0 Å². The number of rotatable bonds is 9. The molecule has 0 saturated carbocycles. The number of aromatic nitrogens is 2. The maximum atomic E-state index is 9.16. The Hall–Kier alpha value is -0.580. The minimum absolute atomic E-state index is 0.183. The molecule has 5 heteroatoms. The molecule has 0 atom stereocenters. The second-order valence-electron chi connectivity index (χ2n) is 4.73. The molecule has 0 radical (unpaired) electrons. The highest BCUT2D eigenvalue weighted by Gasteiger charge is 2.16. The molecule has 0 bridgehead atoms. The number of hydrogen-bond donors (Lipinski definition) is 1. The van der Waals surface area contributed by atoms with Crippen LogP contribution in [0.2, 0.25) is 5.02 Å². The summed E-state index contributed by atoms with van der Waals surface area (Å²) in [4.78, 5) is 2.25. The first-order valence-electron chi connectivity index (χ1n) is 7.25. The van der Waals surface area contributed by atoms with Gasteiger partial charge in [0.05, 0.1) is 23.0 Å². The Morgan fingerprint density at radius 1 is 1.26 bits per heavy atom. The molecule has 1 aromatic rings. The number of halogens is 1. The van der Waals surface area contributed by atoms with E-state index >= 15 is 0 Å². The van der Waals surface area contributed by atoms with Crippen molar-refractivity contribution in [3.05, 3.63) is 16.4 Å². The van der Waals surface area contributed by atoms with E-state index in [1.807, 2.05) is 4.68 Å². The molecule has 0 spiro atoms. The van der Waals surface area contributed by atoms with Crippen LogP contribution in [0.4, 0.5) is 0 Å². The molecule has 110 valence electrons. The fraction of sp³-hybridized carbons (Fsp3) is 0.786. The molecule has 1 rings (SSSR count). The number of aryl methyl sites for hydroxylation is 2. The minimum Gasteiger partial charge on any atom is -0.395 e. The predicted molar refractivity (Wildman–Crippen MR) is 79.6 cm³/mol. The van der Waals surface area contributed by atoms with Gasteiger partial charge < -0.3 is 5.11 Å². The average Bonchev–Trinajstić information content (AvgIpc) is 2.72. The van der Waals surface area contributed by atoms with Gasteiger partial charge >= 0.3 is 0 Å². The maximum Gasteiger partial charge on any atom is 0.0863 e. The third-order valence-corrected chi connectivity index (χ3v) is 3.75. The van der Waals surface area contributed by atoms with Crippen LogP contribution in [-0.4, -0.2) is 39.5 Å². The number of nitrogens with zero attached hydrogens (tertiary/aromatic N) is 3. The molecule has 1 aromatic heterocycles. The second-order valence-corrected chi connectivity index (χ2v) is 5.11. The summed E-state index contributed by atoms with van der Waals surface area (Å²) in [5, 5.41) is 14.5. The molecule has 19 heavy (non-hydrogen) atoms. The fourth-order valence-electron chi connectivity index (χ4n) is 2.17. The van der Waals surface area contributed by atoms with Crippen molar-refractivity contribution in [3.63, 3.8) is 0 Å². The molecule has 0 fully saturated rings.